The van der Waals surface area contributed by atoms with Gasteiger partial charge in [0.25, 0.3) is 0 Å². The number of carbonyl (C=O) groups is 1. The molecule has 0 amide bonds. The van der Waals surface area contributed by atoms with Crippen LogP contribution < -0.4 is 0 Å². The highest BCUT2D eigenvalue weighted by molar-refractivity contribution is 5.66. The fourth-order valence-electron chi connectivity index (χ4n) is 8.34. The van der Waals surface area contributed by atoms with Crippen molar-refractivity contribution in [2.45, 2.75) is 77.0 Å². The Morgan fingerprint density at radius 2 is 1.93 bits per heavy atom. The van der Waals surface area contributed by atoms with Crippen molar-refractivity contribution in [3.05, 3.63) is 12.2 Å². The van der Waals surface area contributed by atoms with Crippen LogP contribution in [0.2, 0.25) is 0 Å². The van der Waals surface area contributed by atoms with Gasteiger partial charge in [0, 0.05) is 24.7 Å². The van der Waals surface area contributed by atoms with E-state index in [9.17, 15) is 20.1 Å². The largest absolute Gasteiger partial charge is 0.462 e. The Hall–Kier alpha value is -0.950. The summed E-state index contributed by atoms with van der Waals surface area (Å²) in [7, 11) is 0. The molecule has 4 aliphatic carbocycles. The summed E-state index contributed by atoms with van der Waals surface area (Å²) < 4.78 is 12.0. The fourth-order valence-corrected chi connectivity index (χ4v) is 8.34. The van der Waals surface area contributed by atoms with E-state index in [0.717, 1.165) is 25.7 Å². The van der Waals surface area contributed by atoms with Gasteiger partial charge in [-0.15, -0.1) is 0 Å². The summed E-state index contributed by atoms with van der Waals surface area (Å²) >= 11 is 0. The number of esters is 1. The number of ether oxygens (including phenoxy) is 2. The lowest BCUT2D eigenvalue weighted by Gasteiger charge is -2.74. The standard InChI is InChI=1S/C22H32O6/c1-11-13-5-6-14-20-10-27-21(26,22(14,17(11)24)18(13)25)9-15(20)19(3,4)8-7-16(20)28-12(2)23/h13-18,24-26H,1,5-10H2,2-4H3. The molecule has 9 atom stereocenters. The van der Waals surface area contributed by atoms with Crippen molar-refractivity contribution in [2.75, 3.05) is 6.61 Å². The highest BCUT2D eigenvalue weighted by Gasteiger charge is 2.84. The van der Waals surface area contributed by atoms with Crippen molar-refractivity contribution in [3.8, 4) is 0 Å². The Bertz CT molecular complexity index is 747. The SMILES string of the molecule is C=C1C2CCC3C45COC(O)(CC4C(C)(C)CCC5OC(C)=O)C3(C1O)C2O. The van der Waals surface area contributed by atoms with Gasteiger partial charge in [-0.05, 0) is 48.5 Å². The van der Waals surface area contributed by atoms with Crippen molar-refractivity contribution in [1.82, 2.24) is 0 Å². The molecule has 9 unspecified atom stereocenters. The molecule has 6 aliphatic rings. The quantitative estimate of drug-likeness (QED) is 0.465. The summed E-state index contributed by atoms with van der Waals surface area (Å²) in [5.41, 5.74) is -1.17. The maximum Gasteiger partial charge on any atom is 0.302 e. The molecule has 0 aromatic carbocycles. The van der Waals surface area contributed by atoms with E-state index < -0.39 is 28.8 Å². The van der Waals surface area contributed by atoms with Crippen LogP contribution in [0.3, 0.4) is 0 Å². The molecule has 2 aliphatic heterocycles. The molecule has 4 saturated carbocycles. The van der Waals surface area contributed by atoms with Crippen molar-refractivity contribution >= 4 is 5.97 Å². The van der Waals surface area contributed by atoms with E-state index in [-0.39, 0.29) is 35.2 Å². The Labute approximate surface area is 165 Å². The Morgan fingerprint density at radius 3 is 2.61 bits per heavy atom. The Kier molecular flexibility index (Phi) is 3.67. The van der Waals surface area contributed by atoms with E-state index in [1.165, 1.54) is 6.92 Å². The smallest absolute Gasteiger partial charge is 0.302 e. The molecule has 28 heavy (non-hydrogen) atoms. The van der Waals surface area contributed by atoms with Crippen LogP contribution in [0.25, 0.3) is 0 Å². The van der Waals surface area contributed by atoms with Crippen LogP contribution in [-0.4, -0.2) is 52.0 Å². The van der Waals surface area contributed by atoms with E-state index in [1.807, 2.05) is 0 Å². The topological polar surface area (TPSA) is 96.2 Å². The van der Waals surface area contributed by atoms with Gasteiger partial charge in [0.05, 0.1) is 24.2 Å². The van der Waals surface area contributed by atoms with E-state index >= 15 is 0 Å². The molecule has 156 valence electrons. The zero-order valence-corrected chi connectivity index (χ0v) is 17.0. The minimum Gasteiger partial charge on any atom is -0.462 e. The molecule has 4 bridgehead atoms. The van der Waals surface area contributed by atoms with Crippen molar-refractivity contribution in [2.24, 2.45) is 34.0 Å². The Morgan fingerprint density at radius 1 is 1.21 bits per heavy atom. The molecule has 6 nitrogen and oxygen atoms in total. The van der Waals surface area contributed by atoms with Gasteiger partial charge in [-0.1, -0.05) is 20.4 Å². The number of carbonyl (C=O) groups excluding carboxylic acids is 1. The van der Waals surface area contributed by atoms with Gasteiger partial charge >= 0.3 is 5.97 Å². The second-order valence-corrected chi connectivity index (χ2v) is 10.7. The van der Waals surface area contributed by atoms with Crippen molar-refractivity contribution in [1.29, 1.82) is 0 Å². The van der Waals surface area contributed by atoms with Gasteiger partial charge in [0.15, 0.2) is 5.79 Å². The van der Waals surface area contributed by atoms with Gasteiger partial charge < -0.3 is 24.8 Å². The first-order chi connectivity index (χ1) is 13.0. The van der Waals surface area contributed by atoms with Crippen LogP contribution in [0, 0.1) is 34.0 Å². The van der Waals surface area contributed by atoms with Gasteiger partial charge in [-0.2, -0.15) is 0 Å². The summed E-state index contributed by atoms with van der Waals surface area (Å²) in [6.07, 6.45) is 1.18. The predicted octanol–water partition coefficient (Wildman–Crippen LogP) is 1.77. The summed E-state index contributed by atoms with van der Waals surface area (Å²) in [6, 6.07) is 0. The second kappa shape index (κ2) is 5.39. The number of rotatable bonds is 1. The van der Waals surface area contributed by atoms with E-state index in [1.54, 1.807) is 0 Å². The van der Waals surface area contributed by atoms with Crippen LogP contribution in [0.4, 0.5) is 0 Å². The van der Waals surface area contributed by atoms with E-state index in [4.69, 9.17) is 9.47 Å². The molecule has 6 fully saturated rings. The predicted molar refractivity (Wildman–Crippen MR) is 99.8 cm³/mol. The first-order valence-corrected chi connectivity index (χ1v) is 10.6. The normalized spacial score (nSPS) is 56.1. The van der Waals surface area contributed by atoms with Crippen LogP contribution in [0.5, 0.6) is 0 Å². The molecule has 3 N–H and O–H groups in total. The first-order valence-electron chi connectivity index (χ1n) is 10.6. The van der Waals surface area contributed by atoms with E-state index in [0.29, 0.717) is 18.6 Å². The third-order valence-corrected chi connectivity index (χ3v) is 9.41. The molecular formula is C22H32O6. The molecule has 2 heterocycles. The van der Waals surface area contributed by atoms with Gasteiger partial charge in [-0.3, -0.25) is 4.79 Å². The molecule has 2 saturated heterocycles. The fraction of sp³-hybridized carbons (Fsp3) is 0.864. The highest BCUT2D eigenvalue weighted by atomic mass is 16.6. The van der Waals surface area contributed by atoms with Crippen LogP contribution in [0.15, 0.2) is 12.2 Å². The summed E-state index contributed by atoms with van der Waals surface area (Å²) in [4.78, 5) is 12.0. The van der Waals surface area contributed by atoms with Crippen LogP contribution in [0.1, 0.15) is 52.9 Å². The first kappa shape index (κ1) is 19.0. The average molecular weight is 392 g/mol. The average Bonchev–Trinajstić information content (AvgIpc) is 2.73. The summed E-state index contributed by atoms with van der Waals surface area (Å²) in [6.45, 7) is 10.2. The number of fused-ring (bicyclic) bond motifs is 2. The minimum absolute atomic E-state index is 0.0572. The maximum absolute atomic E-state index is 12.0. The number of hydrogen-bond donors (Lipinski definition) is 3. The Balaban J connectivity index is 1.73. The van der Waals surface area contributed by atoms with Gasteiger partial charge in [-0.25, -0.2) is 0 Å². The zero-order valence-electron chi connectivity index (χ0n) is 17.0. The second-order valence-electron chi connectivity index (χ2n) is 10.7. The molecule has 6 rings (SSSR count). The minimum atomic E-state index is -1.60. The molecular weight excluding hydrogens is 360 g/mol. The third-order valence-electron chi connectivity index (χ3n) is 9.41. The van der Waals surface area contributed by atoms with Gasteiger partial charge in [0.1, 0.15) is 6.10 Å². The molecule has 0 aromatic rings. The maximum atomic E-state index is 12.0. The molecule has 6 heteroatoms. The number of hydrogen-bond acceptors (Lipinski definition) is 6. The monoisotopic (exact) mass is 392 g/mol. The van der Waals surface area contributed by atoms with Crippen molar-refractivity contribution in [3.63, 3.8) is 0 Å². The van der Waals surface area contributed by atoms with Crippen LogP contribution >= 0.6 is 0 Å². The van der Waals surface area contributed by atoms with Crippen molar-refractivity contribution < 1.29 is 29.6 Å². The lowest BCUT2D eigenvalue weighted by molar-refractivity contribution is -0.446. The molecule has 0 aromatic heterocycles. The van der Waals surface area contributed by atoms with Gasteiger partial charge in [0.2, 0.25) is 0 Å². The lowest BCUT2D eigenvalue weighted by atomic mass is 9.36. The zero-order chi connectivity index (χ0) is 20.3. The molecule has 2 spiro atoms. The lowest BCUT2D eigenvalue weighted by Crippen LogP contribution is -2.81. The van der Waals surface area contributed by atoms with E-state index in [2.05, 4.69) is 20.4 Å². The summed E-state index contributed by atoms with van der Waals surface area (Å²) in [5.74, 6) is -2.25. The highest BCUT2D eigenvalue weighted by Crippen LogP contribution is 2.77. The third kappa shape index (κ3) is 1.83. The number of aliphatic hydroxyl groups excluding tert-OH is 2. The number of aliphatic hydroxyl groups is 3. The molecule has 0 radical (unpaired) electrons. The van der Waals surface area contributed by atoms with Crippen LogP contribution in [-0.2, 0) is 14.3 Å². The summed E-state index contributed by atoms with van der Waals surface area (Å²) in [5, 5.41) is 34.4.